The van der Waals surface area contributed by atoms with Gasteiger partial charge in [-0.05, 0) is 0 Å². The van der Waals surface area contributed by atoms with Crippen molar-refractivity contribution in [1.29, 1.82) is 0 Å². The molecule has 0 amide bonds. The molecular formula is C7H9NO5. The van der Waals surface area contributed by atoms with Crippen LogP contribution in [-0.4, -0.2) is 33.8 Å². The number of hydrogen-bond donors (Lipinski definition) is 3. The Hall–Kier alpha value is -1.43. The van der Waals surface area contributed by atoms with Crippen molar-refractivity contribution >= 4 is 5.78 Å². The van der Waals surface area contributed by atoms with Crippen molar-refractivity contribution in [3.63, 3.8) is 0 Å². The molecule has 2 atom stereocenters. The lowest BCUT2D eigenvalue weighted by atomic mass is 10.0. The van der Waals surface area contributed by atoms with E-state index >= 15 is 0 Å². The first-order valence-electron chi connectivity index (χ1n) is 3.70. The molecule has 3 N–H and O–H groups in total. The normalized spacial score (nSPS) is 25.0. The summed E-state index contributed by atoms with van der Waals surface area (Å²) in [7, 11) is 0. The molecule has 1 aliphatic rings. The maximum absolute atomic E-state index is 10.8. The van der Waals surface area contributed by atoms with Crippen molar-refractivity contribution in [1.82, 2.24) is 0 Å². The van der Waals surface area contributed by atoms with Crippen LogP contribution in [0.1, 0.15) is 6.42 Å². The highest BCUT2D eigenvalue weighted by Crippen LogP contribution is 2.28. The molecule has 72 valence electrons. The summed E-state index contributed by atoms with van der Waals surface area (Å²) in [5.74, 6) is -2.81. The number of rotatable bonds is 3. The standard InChI is InChI=1S/C7H9NO5/c9-4-1-3(5(10)2-8-13)6(11)7(4)12/h3,5,10-12H,1-2H2/t3?,5-/m0/s1. The molecule has 13 heavy (non-hydrogen) atoms. The number of aliphatic hydroxyl groups is 3. The minimum absolute atomic E-state index is 0.186. The van der Waals surface area contributed by atoms with Gasteiger partial charge < -0.3 is 15.3 Å². The molecule has 0 saturated heterocycles. The van der Waals surface area contributed by atoms with E-state index in [0.29, 0.717) is 0 Å². The van der Waals surface area contributed by atoms with Crippen molar-refractivity contribution in [2.75, 3.05) is 6.54 Å². The zero-order valence-electron chi connectivity index (χ0n) is 6.67. The van der Waals surface area contributed by atoms with E-state index in [1.54, 1.807) is 0 Å². The second kappa shape index (κ2) is 3.53. The summed E-state index contributed by atoms with van der Waals surface area (Å²) in [5, 5.41) is 29.7. The van der Waals surface area contributed by atoms with Gasteiger partial charge in [-0.25, -0.2) is 0 Å². The van der Waals surface area contributed by atoms with Crippen LogP contribution in [0, 0.1) is 10.8 Å². The van der Waals surface area contributed by atoms with E-state index in [2.05, 4.69) is 5.18 Å². The highest BCUT2D eigenvalue weighted by molar-refractivity contribution is 5.96. The van der Waals surface area contributed by atoms with Gasteiger partial charge in [0.05, 0.1) is 12.0 Å². The third kappa shape index (κ3) is 1.67. The fraction of sp³-hybridized carbons (Fsp3) is 0.571. The van der Waals surface area contributed by atoms with Crippen molar-refractivity contribution < 1.29 is 20.1 Å². The average molecular weight is 187 g/mol. The Morgan fingerprint density at radius 2 is 2.15 bits per heavy atom. The number of carbonyl (C=O) groups excluding carboxylic acids is 1. The van der Waals surface area contributed by atoms with Gasteiger partial charge in [-0.1, -0.05) is 5.18 Å². The van der Waals surface area contributed by atoms with Crippen molar-refractivity contribution in [2.45, 2.75) is 12.5 Å². The van der Waals surface area contributed by atoms with Gasteiger partial charge in [0.2, 0.25) is 5.78 Å². The molecule has 0 spiro atoms. The Labute approximate surface area is 73.5 Å². The van der Waals surface area contributed by atoms with Crippen LogP contribution in [0.3, 0.4) is 0 Å². The molecule has 0 radical (unpaired) electrons. The molecule has 6 nitrogen and oxygen atoms in total. The maximum Gasteiger partial charge on any atom is 0.201 e. The lowest BCUT2D eigenvalue weighted by Crippen LogP contribution is -2.23. The van der Waals surface area contributed by atoms with Crippen LogP contribution in [-0.2, 0) is 4.79 Å². The molecule has 1 aliphatic carbocycles. The first-order valence-corrected chi connectivity index (χ1v) is 3.70. The lowest BCUT2D eigenvalue weighted by Gasteiger charge is -2.13. The smallest absolute Gasteiger partial charge is 0.201 e. The summed E-state index contributed by atoms with van der Waals surface area (Å²) in [6, 6.07) is 0. The molecule has 0 bridgehead atoms. The number of hydrogen-bond acceptors (Lipinski definition) is 6. The van der Waals surface area contributed by atoms with Crippen molar-refractivity contribution in [3.05, 3.63) is 16.4 Å². The van der Waals surface area contributed by atoms with Crippen LogP contribution in [0.15, 0.2) is 16.7 Å². The van der Waals surface area contributed by atoms with E-state index < -0.39 is 35.9 Å². The van der Waals surface area contributed by atoms with E-state index in [9.17, 15) is 14.8 Å². The molecular weight excluding hydrogens is 178 g/mol. The first kappa shape index (κ1) is 9.66. The molecule has 0 aliphatic heterocycles. The van der Waals surface area contributed by atoms with E-state index in [1.165, 1.54) is 0 Å². The molecule has 0 aromatic carbocycles. The number of Topliss-reactive ketones (excluding diaryl/α,β-unsaturated/α-hetero) is 1. The summed E-state index contributed by atoms with van der Waals surface area (Å²) in [4.78, 5) is 20.6. The highest BCUT2D eigenvalue weighted by atomic mass is 16.3. The number of carbonyl (C=O) groups is 1. The van der Waals surface area contributed by atoms with Gasteiger partial charge in [0.1, 0.15) is 12.3 Å². The predicted octanol–water partition coefficient (Wildman–Crippen LogP) is 0.0303. The van der Waals surface area contributed by atoms with Gasteiger partial charge in [-0.15, -0.1) is 0 Å². The SMILES string of the molecule is O=NC[C@H](O)C1CC(=O)C(O)=C1O. The molecule has 6 heteroatoms. The number of nitroso groups, excluding NO2 is 1. The van der Waals surface area contributed by atoms with E-state index in [0.717, 1.165) is 0 Å². The number of aliphatic hydroxyl groups excluding tert-OH is 3. The van der Waals surface area contributed by atoms with Crippen LogP contribution >= 0.6 is 0 Å². The maximum atomic E-state index is 10.8. The van der Waals surface area contributed by atoms with E-state index in [1.807, 2.05) is 0 Å². The monoisotopic (exact) mass is 187 g/mol. The lowest BCUT2D eigenvalue weighted by molar-refractivity contribution is -0.117. The Morgan fingerprint density at radius 1 is 1.54 bits per heavy atom. The summed E-state index contributed by atoms with van der Waals surface area (Å²) in [6.07, 6.45) is -1.40. The van der Waals surface area contributed by atoms with Gasteiger partial charge in [0.15, 0.2) is 5.76 Å². The fourth-order valence-corrected chi connectivity index (χ4v) is 1.23. The Kier molecular flexibility index (Phi) is 2.62. The zero-order chi connectivity index (χ0) is 10.0. The highest BCUT2D eigenvalue weighted by Gasteiger charge is 2.37. The molecule has 0 heterocycles. The van der Waals surface area contributed by atoms with Gasteiger partial charge in [0.25, 0.3) is 0 Å². The van der Waals surface area contributed by atoms with Gasteiger partial charge in [-0.3, -0.25) is 4.79 Å². The van der Waals surface area contributed by atoms with Crippen molar-refractivity contribution in [2.24, 2.45) is 11.1 Å². The number of nitrogens with zero attached hydrogens (tertiary/aromatic N) is 1. The minimum atomic E-state index is -1.22. The van der Waals surface area contributed by atoms with Crippen LogP contribution in [0.2, 0.25) is 0 Å². The first-order chi connectivity index (χ1) is 6.07. The quantitative estimate of drug-likeness (QED) is 0.540. The fourth-order valence-electron chi connectivity index (χ4n) is 1.23. The summed E-state index contributed by atoms with van der Waals surface area (Å²) in [6.45, 7) is -0.407. The van der Waals surface area contributed by atoms with Gasteiger partial charge in [0, 0.05) is 6.42 Å². The Bertz CT molecular complexity index is 272. The molecule has 0 saturated carbocycles. The zero-order valence-corrected chi connectivity index (χ0v) is 6.67. The van der Waals surface area contributed by atoms with Crippen LogP contribution in [0.4, 0.5) is 0 Å². The van der Waals surface area contributed by atoms with Gasteiger partial charge in [-0.2, -0.15) is 4.91 Å². The van der Waals surface area contributed by atoms with E-state index in [-0.39, 0.29) is 6.42 Å². The van der Waals surface area contributed by atoms with Crippen LogP contribution in [0.25, 0.3) is 0 Å². The Balaban J connectivity index is 2.75. The molecule has 0 aromatic rings. The summed E-state index contributed by atoms with van der Waals surface area (Å²) in [5.41, 5.74) is 0. The van der Waals surface area contributed by atoms with Crippen molar-refractivity contribution in [3.8, 4) is 0 Å². The largest absolute Gasteiger partial charge is 0.508 e. The van der Waals surface area contributed by atoms with Gasteiger partial charge >= 0.3 is 0 Å². The van der Waals surface area contributed by atoms with Crippen LogP contribution < -0.4 is 0 Å². The van der Waals surface area contributed by atoms with Crippen LogP contribution in [0.5, 0.6) is 0 Å². The molecule has 0 fully saturated rings. The second-order valence-electron chi connectivity index (χ2n) is 2.85. The summed E-state index contributed by atoms with van der Waals surface area (Å²) >= 11 is 0. The molecule has 1 unspecified atom stereocenters. The summed E-state index contributed by atoms with van der Waals surface area (Å²) < 4.78 is 0. The average Bonchev–Trinajstić information content (AvgIpc) is 2.33. The minimum Gasteiger partial charge on any atom is -0.508 e. The second-order valence-corrected chi connectivity index (χ2v) is 2.85. The third-order valence-electron chi connectivity index (χ3n) is 1.99. The molecule has 1 rings (SSSR count). The Morgan fingerprint density at radius 3 is 2.54 bits per heavy atom. The van der Waals surface area contributed by atoms with E-state index in [4.69, 9.17) is 10.2 Å². The third-order valence-corrected chi connectivity index (χ3v) is 1.99. The predicted molar refractivity (Wildman–Crippen MR) is 42.1 cm³/mol. The number of allylic oxidation sites excluding steroid dienone is 1. The molecule has 0 aromatic heterocycles. The number of ketones is 1. The topological polar surface area (TPSA) is 107 Å².